The first-order valence-electron chi connectivity index (χ1n) is 9.24. The van der Waals surface area contributed by atoms with Crippen LogP contribution in [0.3, 0.4) is 0 Å². The van der Waals surface area contributed by atoms with Crippen LogP contribution in [0.2, 0.25) is 0 Å². The molecule has 0 fully saturated rings. The van der Waals surface area contributed by atoms with Gasteiger partial charge in [0, 0.05) is 23.0 Å². The van der Waals surface area contributed by atoms with E-state index in [9.17, 15) is 9.59 Å². The summed E-state index contributed by atoms with van der Waals surface area (Å²) in [5.74, 6) is 0.343. The molecule has 0 unspecified atom stereocenters. The van der Waals surface area contributed by atoms with Crippen molar-refractivity contribution in [2.45, 2.75) is 20.8 Å². The second kappa shape index (κ2) is 8.56. The zero-order chi connectivity index (χ0) is 20.9. The summed E-state index contributed by atoms with van der Waals surface area (Å²) < 4.78 is 5.75. The van der Waals surface area contributed by atoms with Crippen molar-refractivity contribution in [2.24, 2.45) is 5.41 Å². The van der Waals surface area contributed by atoms with Crippen LogP contribution in [0.25, 0.3) is 0 Å². The van der Waals surface area contributed by atoms with E-state index in [4.69, 9.17) is 4.74 Å². The number of rotatable bonds is 5. The van der Waals surface area contributed by atoms with Crippen LogP contribution in [0.5, 0.6) is 11.6 Å². The number of carbonyl (C=O) groups is 2. The van der Waals surface area contributed by atoms with Crippen molar-refractivity contribution >= 4 is 23.2 Å². The molecule has 0 aliphatic rings. The van der Waals surface area contributed by atoms with E-state index in [0.717, 1.165) is 0 Å². The largest absolute Gasteiger partial charge is 0.438 e. The Morgan fingerprint density at radius 2 is 1.55 bits per heavy atom. The number of carbonyl (C=O) groups excluding carboxylic acids is 2. The molecule has 3 rings (SSSR count). The smallest absolute Gasteiger partial charge is 0.261 e. The lowest BCUT2D eigenvalue weighted by molar-refractivity contribution is -0.123. The maximum Gasteiger partial charge on any atom is 0.261 e. The number of nitrogens with zero attached hydrogens (tertiary/aromatic N) is 1. The average molecular weight is 389 g/mol. The number of amides is 2. The molecule has 3 aromatic rings. The number of hydrogen-bond donors (Lipinski definition) is 2. The van der Waals surface area contributed by atoms with E-state index in [1.165, 1.54) is 0 Å². The van der Waals surface area contributed by atoms with Crippen LogP contribution in [-0.4, -0.2) is 16.8 Å². The van der Waals surface area contributed by atoms with Crippen molar-refractivity contribution in [1.82, 2.24) is 4.98 Å². The van der Waals surface area contributed by atoms with Gasteiger partial charge in [0.2, 0.25) is 11.8 Å². The molecule has 2 aromatic carbocycles. The molecular formula is C23H23N3O3. The normalized spacial score (nSPS) is 10.9. The van der Waals surface area contributed by atoms with E-state index in [2.05, 4.69) is 15.6 Å². The van der Waals surface area contributed by atoms with E-state index in [-0.39, 0.29) is 17.7 Å². The number of para-hydroxylation sites is 1. The first-order chi connectivity index (χ1) is 13.8. The molecule has 2 amide bonds. The Morgan fingerprint density at radius 1 is 0.862 bits per heavy atom. The SMILES string of the molecule is CC(C)(C)C(=O)Nc1cccc(NC(=O)c2cccnc2Oc2ccccc2)c1. The van der Waals surface area contributed by atoms with Gasteiger partial charge in [-0.05, 0) is 42.5 Å². The monoisotopic (exact) mass is 389 g/mol. The second-order valence-electron chi connectivity index (χ2n) is 7.51. The summed E-state index contributed by atoms with van der Waals surface area (Å²) in [5.41, 5.74) is 0.949. The molecule has 0 aliphatic carbocycles. The molecule has 0 radical (unpaired) electrons. The van der Waals surface area contributed by atoms with Gasteiger partial charge in [-0.25, -0.2) is 4.98 Å². The first kappa shape index (κ1) is 20.1. The lowest BCUT2D eigenvalue weighted by Gasteiger charge is -2.18. The zero-order valence-electron chi connectivity index (χ0n) is 16.6. The Labute approximate surface area is 169 Å². The van der Waals surface area contributed by atoms with Crippen molar-refractivity contribution in [3.63, 3.8) is 0 Å². The first-order valence-corrected chi connectivity index (χ1v) is 9.24. The molecule has 6 heteroatoms. The standard InChI is InChI=1S/C23H23N3O3/c1-23(2,3)22(28)26-17-10-7-9-16(15-17)25-20(27)19-13-8-14-24-21(19)29-18-11-5-4-6-12-18/h4-15H,1-3H3,(H,25,27)(H,26,28). The van der Waals surface area contributed by atoms with E-state index in [1.54, 1.807) is 54.7 Å². The minimum absolute atomic E-state index is 0.105. The van der Waals surface area contributed by atoms with Gasteiger partial charge in [-0.3, -0.25) is 9.59 Å². The third-order valence-corrected chi connectivity index (χ3v) is 4.03. The van der Waals surface area contributed by atoms with Gasteiger partial charge in [0.25, 0.3) is 5.91 Å². The van der Waals surface area contributed by atoms with Crippen LogP contribution in [0.4, 0.5) is 11.4 Å². The molecule has 0 aliphatic heterocycles. The molecule has 2 N–H and O–H groups in total. The highest BCUT2D eigenvalue weighted by Gasteiger charge is 2.21. The highest BCUT2D eigenvalue weighted by molar-refractivity contribution is 6.06. The molecular weight excluding hydrogens is 366 g/mol. The van der Waals surface area contributed by atoms with Crippen molar-refractivity contribution in [2.75, 3.05) is 10.6 Å². The van der Waals surface area contributed by atoms with Crippen LogP contribution in [0.15, 0.2) is 72.9 Å². The lowest BCUT2D eigenvalue weighted by Crippen LogP contribution is -2.27. The lowest BCUT2D eigenvalue weighted by atomic mass is 9.95. The third-order valence-electron chi connectivity index (χ3n) is 4.03. The summed E-state index contributed by atoms with van der Waals surface area (Å²) in [6, 6.07) is 19.4. The number of anilines is 2. The van der Waals surface area contributed by atoms with E-state index in [1.807, 2.05) is 39.0 Å². The van der Waals surface area contributed by atoms with E-state index in [0.29, 0.717) is 22.7 Å². The van der Waals surface area contributed by atoms with Gasteiger partial charge in [0.05, 0.1) is 0 Å². The van der Waals surface area contributed by atoms with Crippen LogP contribution < -0.4 is 15.4 Å². The van der Waals surface area contributed by atoms with Gasteiger partial charge in [0.1, 0.15) is 11.3 Å². The van der Waals surface area contributed by atoms with E-state index >= 15 is 0 Å². The van der Waals surface area contributed by atoms with Crippen molar-refractivity contribution < 1.29 is 14.3 Å². The highest BCUT2D eigenvalue weighted by Crippen LogP contribution is 2.24. The number of aromatic nitrogens is 1. The van der Waals surface area contributed by atoms with Gasteiger partial charge >= 0.3 is 0 Å². The Hall–Kier alpha value is -3.67. The molecule has 0 spiro atoms. The topological polar surface area (TPSA) is 80.3 Å². The van der Waals surface area contributed by atoms with Crippen molar-refractivity contribution in [3.8, 4) is 11.6 Å². The summed E-state index contributed by atoms with van der Waals surface area (Å²) in [7, 11) is 0. The Kier molecular flexibility index (Phi) is 5.93. The predicted octanol–water partition coefficient (Wildman–Crippen LogP) is 5.11. The second-order valence-corrected chi connectivity index (χ2v) is 7.51. The number of ether oxygens (including phenoxy) is 1. The summed E-state index contributed by atoms with van der Waals surface area (Å²) in [6.07, 6.45) is 1.57. The van der Waals surface area contributed by atoms with Gasteiger partial charge in [0.15, 0.2) is 0 Å². The van der Waals surface area contributed by atoms with Crippen LogP contribution >= 0.6 is 0 Å². The van der Waals surface area contributed by atoms with E-state index < -0.39 is 5.41 Å². The number of benzene rings is 2. The molecule has 0 saturated heterocycles. The van der Waals surface area contributed by atoms with Crippen molar-refractivity contribution in [1.29, 1.82) is 0 Å². The van der Waals surface area contributed by atoms with Crippen molar-refractivity contribution in [3.05, 3.63) is 78.5 Å². The van der Waals surface area contributed by atoms with Gasteiger partial charge in [-0.1, -0.05) is 45.0 Å². The third kappa shape index (κ3) is 5.42. The fraction of sp³-hybridized carbons (Fsp3) is 0.174. The number of pyridine rings is 1. The number of nitrogens with one attached hydrogen (secondary N) is 2. The maximum atomic E-state index is 12.8. The summed E-state index contributed by atoms with van der Waals surface area (Å²) in [5, 5.41) is 5.68. The quantitative estimate of drug-likeness (QED) is 0.635. The average Bonchev–Trinajstić information content (AvgIpc) is 2.69. The molecule has 6 nitrogen and oxygen atoms in total. The molecule has 148 valence electrons. The zero-order valence-corrected chi connectivity index (χ0v) is 16.6. The Bertz CT molecular complexity index is 1010. The molecule has 1 aromatic heterocycles. The minimum atomic E-state index is -0.515. The fourth-order valence-electron chi connectivity index (χ4n) is 2.44. The Balaban J connectivity index is 1.76. The maximum absolute atomic E-state index is 12.8. The van der Waals surface area contributed by atoms with Gasteiger partial charge < -0.3 is 15.4 Å². The van der Waals surface area contributed by atoms with Crippen LogP contribution in [-0.2, 0) is 4.79 Å². The molecule has 29 heavy (non-hydrogen) atoms. The highest BCUT2D eigenvalue weighted by atomic mass is 16.5. The van der Waals surface area contributed by atoms with Crippen LogP contribution in [0, 0.1) is 5.41 Å². The van der Waals surface area contributed by atoms with Gasteiger partial charge in [-0.15, -0.1) is 0 Å². The molecule has 0 saturated carbocycles. The molecule has 0 atom stereocenters. The summed E-state index contributed by atoms with van der Waals surface area (Å²) in [4.78, 5) is 29.2. The summed E-state index contributed by atoms with van der Waals surface area (Å²) >= 11 is 0. The fourth-order valence-corrected chi connectivity index (χ4v) is 2.44. The predicted molar refractivity (Wildman–Crippen MR) is 113 cm³/mol. The Morgan fingerprint density at radius 3 is 2.24 bits per heavy atom. The minimum Gasteiger partial charge on any atom is -0.438 e. The van der Waals surface area contributed by atoms with Crippen LogP contribution in [0.1, 0.15) is 31.1 Å². The van der Waals surface area contributed by atoms with Gasteiger partial charge in [-0.2, -0.15) is 0 Å². The molecule has 1 heterocycles. The molecule has 0 bridgehead atoms. The summed E-state index contributed by atoms with van der Waals surface area (Å²) in [6.45, 7) is 5.51. The number of hydrogen-bond acceptors (Lipinski definition) is 4.